The summed E-state index contributed by atoms with van der Waals surface area (Å²) in [4.78, 5) is 2.63. The molecule has 0 bridgehead atoms. The van der Waals surface area contributed by atoms with Crippen molar-refractivity contribution in [2.75, 3.05) is 24.6 Å². The lowest BCUT2D eigenvalue weighted by Crippen LogP contribution is -2.63. The quantitative estimate of drug-likeness (QED) is 0.827. The fourth-order valence-corrected chi connectivity index (χ4v) is 6.16. The van der Waals surface area contributed by atoms with Crippen LogP contribution < -0.4 is 5.73 Å². The van der Waals surface area contributed by atoms with Crippen molar-refractivity contribution in [2.45, 2.75) is 56.5 Å². The summed E-state index contributed by atoms with van der Waals surface area (Å²) < 4.78 is 23.4. The molecule has 0 amide bonds. The van der Waals surface area contributed by atoms with Gasteiger partial charge in [-0.3, -0.25) is 4.90 Å². The smallest absolute Gasteiger partial charge is 0.150 e. The van der Waals surface area contributed by atoms with E-state index in [1.807, 2.05) is 0 Å². The Kier molecular flexibility index (Phi) is 3.65. The number of sulfone groups is 1. The van der Waals surface area contributed by atoms with Crippen molar-refractivity contribution < 1.29 is 8.42 Å². The molecule has 0 radical (unpaired) electrons. The van der Waals surface area contributed by atoms with Gasteiger partial charge in [0.2, 0.25) is 0 Å². The van der Waals surface area contributed by atoms with Gasteiger partial charge < -0.3 is 5.73 Å². The van der Waals surface area contributed by atoms with Crippen molar-refractivity contribution in [2.24, 2.45) is 11.7 Å². The maximum absolute atomic E-state index is 11.7. The minimum atomic E-state index is -2.81. The second-order valence-corrected chi connectivity index (χ2v) is 8.98. The van der Waals surface area contributed by atoms with E-state index in [2.05, 4.69) is 4.90 Å². The summed E-state index contributed by atoms with van der Waals surface area (Å²) in [7, 11) is -2.81. The number of fused-ring (bicyclic) bond motifs is 1. The Balaban J connectivity index is 1.81. The lowest BCUT2D eigenvalue weighted by atomic mass is 9.82. The van der Waals surface area contributed by atoms with Crippen LogP contribution in [-0.4, -0.2) is 49.5 Å². The Morgan fingerprint density at radius 1 is 1.11 bits per heavy atom. The second kappa shape index (κ2) is 5.01. The second-order valence-electron chi connectivity index (χ2n) is 6.67. The van der Waals surface area contributed by atoms with Gasteiger partial charge in [0.25, 0.3) is 0 Å². The zero-order valence-corrected chi connectivity index (χ0v) is 12.5. The van der Waals surface area contributed by atoms with Gasteiger partial charge in [0.15, 0.2) is 0 Å². The summed E-state index contributed by atoms with van der Waals surface area (Å²) in [5.74, 6) is 1.51. The Morgan fingerprint density at radius 3 is 2.47 bits per heavy atom. The summed E-state index contributed by atoms with van der Waals surface area (Å²) in [6.07, 6.45) is 8.10. The van der Waals surface area contributed by atoms with Crippen LogP contribution in [0.4, 0.5) is 0 Å². The average molecular weight is 286 g/mol. The molecule has 5 heteroatoms. The van der Waals surface area contributed by atoms with Gasteiger partial charge in [-0.25, -0.2) is 8.42 Å². The molecular formula is C14H26N2O2S. The lowest BCUT2D eigenvalue weighted by molar-refractivity contribution is -0.00277. The molecule has 2 unspecified atom stereocenters. The van der Waals surface area contributed by atoms with Crippen LogP contribution in [-0.2, 0) is 9.84 Å². The van der Waals surface area contributed by atoms with Crippen molar-refractivity contribution in [3.8, 4) is 0 Å². The highest BCUT2D eigenvalue weighted by Gasteiger charge is 2.47. The van der Waals surface area contributed by atoms with E-state index in [1.54, 1.807) is 0 Å². The van der Waals surface area contributed by atoms with Crippen molar-refractivity contribution in [1.82, 2.24) is 4.90 Å². The standard InChI is InChI=1S/C14H26N2O2S/c15-11-14(6-9-19(17,18)10-7-14)16-8-2-4-12-3-1-5-13(12)16/h12-13H,1-11,15H2. The maximum atomic E-state index is 11.7. The van der Waals surface area contributed by atoms with Gasteiger partial charge in [0.1, 0.15) is 9.84 Å². The molecule has 2 atom stereocenters. The van der Waals surface area contributed by atoms with E-state index in [-0.39, 0.29) is 5.54 Å². The molecule has 3 rings (SSSR count). The lowest BCUT2D eigenvalue weighted by Gasteiger charge is -2.52. The first-order chi connectivity index (χ1) is 9.06. The highest BCUT2D eigenvalue weighted by molar-refractivity contribution is 7.91. The van der Waals surface area contributed by atoms with Crippen molar-refractivity contribution in [3.05, 3.63) is 0 Å². The largest absolute Gasteiger partial charge is 0.329 e. The molecule has 0 aromatic heterocycles. The first-order valence-electron chi connectivity index (χ1n) is 7.74. The molecule has 0 aromatic carbocycles. The molecule has 3 aliphatic rings. The molecule has 1 aliphatic carbocycles. The van der Waals surface area contributed by atoms with Gasteiger partial charge in [-0.15, -0.1) is 0 Å². The Morgan fingerprint density at radius 2 is 1.79 bits per heavy atom. The third-order valence-corrected chi connectivity index (χ3v) is 7.39. The molecule has 0 aromatic rings. The average Bonchev–Trinajstić information content (AvgIpc) is 2.88. The predicted molar refractivity (Wildman–Crippen MR) is 76.7 cm³/mol. The summed E-state index contributed by atoms with van der Waals surface area (Å²) in [6, 6.07) is 0.679. The SMILES string of the molecule is NCC1(N2CCCC3CCCC32)CCS(=O)(=O)CC1. The zero-order valence-electron chi connectivity index (χ0n) is 11.7. The number of hydrogen-bond donors (Lipinski definition) is 1. The number of likely N-dealkylation sites (tertiary alicyclic amines) is 1. The van der Waals surface area contributed by atoms with Crippen LogP contribution in [0.5, 0.6) is 0 Å². The Bertz CT molecular complexity index is 421. The highest BCUT2D eigenvalue weighted by Crippen LogP contribution is 2.42. The summed E-state index contributed by atoms with van der Waals surface area (Å²) in [5, 5.41) is 0. The van der Waals surface area contributed by atoms with Gasteiger partial charge >= 0.3 is 0 Å². The molecule has 2 aliphatic heterocycles. The van der Waals surface area contributed by atoms with Crippen LogP contribution in [0.15, 0.2) is 0 Å². The minimum Gasteiger partial charge on any atom is -0.329 e. The van der Waals surface area contributed by atoms with Gasteiger partial charge in [-0.1, -0.05) is 6.42 Å². The maximum Gasteiger partial charge on any atom is 0.150 e. The monoisotopic (exact) mass is 286 g/mol. The number of nitrogens with zero attached hydrogens (tertiary/aromatic N) is 1. The molecule has 19 heavy (non-hydrogen) atoms. The molecule has 1 saturated carbocycles. The van der Waals surface area contributed by atoms with E-state index >= 15 is 0 Å². The third-order valence-electron chi connectivity index (χ3n) is 5.74. The normalized spacial score (nSPS) is 37.9. The van der Waals surface area contributed by atoms with E-state index in [0.717, 1.165) is 25.3 Å². The van der Waals surface area contributed by atoms with Crippen LogP contribution in [0.25, 0.3) is 0 Å². The van der Waals surface area contributed by atoms with Gasteiger partial charge in [0, 0.05) is 18.1 Å². The van der Waals surface area contributed by atoms with E-state index in [1.165, 1.54) is 32.1 Å². The Labute approximate surface area is 116 Å². The fraction of sp³-hybridized carbons (Fsp3) is 1.00. The highest BCUT2D eigenvalue weighted by atomic mass is 32.2. The molecular weight excluding hydrogens is 260 g/mol. The van der Waals surface area contributed by atoms with E-state index in [4.69, 9.17) is 5.73 Å². The number of hydrogen-bond acceptors (Lipinski definition) is 4. The van der Waals surface area contributed by atoms with Crippen LogP contribution in [0.2, 0.25) is 0 Å². The molecule has 2 heterocycles. The van der Waals surface area contributed by atoms with Crippen LogP contribution in [0.1, 0.15) is 44.9 Å². The van der Waals surface area contributed by atoms with Gasteiger partial charge in [0.05, 0.1) is 11.5 Å². The summed E-state index contributed by atoms with van der Waals surface area (Å²) >= 11 is 0. The van der Waals surface area contributed by atoms with Crippen molar-refractivity contribution in [3.63, 3.8) is 0 Å². The zero-order chi connectivity index (χ0) is 13.5. The first-order valence-corrected chi connectivity index (χ1v) is 9.56. The predicted octanol–water partition coefficient (Wildman–Crippen LogP) is 1.16. The van der Waals surface area contributed by atoms with Gasteiger partial charge in [-0.05, 0) is 51.0 Å². The molecule has 3 fully saturated rings. The molecule has 2 N–H and O–H groups in total. The van der Waals surface area contributed by atoms with Crippen LogP contribution in [0, 0.1) is 5.92 Å². The van der Waals surface area contributed by atoms with Crippen LogP contribution >= 0.6 is 0 Å². The Hall–Kier alpha value is -0.130. The number of nitrogens with two attached hydrogens (primary N) is 1. The molecule has 0 spiro atoms. The molecule has 110 valence electrons. The summed E-state index contributed by atoms with van der Waals surface area (Å²) in [5.41, 5.74) is 6.08. The summed E-state index contributed by atoms with van der Waals surface area (Å²) in [6.45, 7) is 1.74. The first kappa shape index (κ1) is 13.8. The van der Waals surface area contributed by atoms with E-state index < -0.39 is 9.84 Å². The topological polar surface area (TPSA) is 63.4 Å². The third kappa shape index (κ3) is 2.45. The minimum absolute atomic E-state index is 0.0288. The van der Waals surface area contributed by atoms with Crippen LogP contribution in [0.3, 0.4) is 0 Å². The molecule has 2 saturated heterocycles. The van der Waals surface area contributed by atoms with Crippen molar-refractivity contribution >= 4 is 9.84 Å². The fourth-order valence-electron chi connectivity index (χ4n) is 4.57. The van der Waals surface area contributed by atoms with Crippen molar-refractivity contribution in [1.29, 1.82) is 0 Å². The van der Waals surface area contributed by atoms with E-state index in [0.29, 0.717) is 24.1 Å². The number of rotatable bonds is 2. The van der Waals surface area contributed by atoms with Gasteiger partial charge in [-0.2, -0.15) is 0 Å². The van der Waals surface area contributed by atoms with E-state index in [9.17, 15) is 8.42 Å². The molecule has 4 nitrogen and oxygen atoms in total. The number of piperidine rings is 1.